The van der Waals surface area contributed by atoms with Crippen LogP contribution in [0.25, 0.3) is 0 Å². The first-order valence-electron chi connectivity index (χ1n) is 8.94. The Bertz CT molecular complexity index is 1010. The molecule has 0 radical (unpaired) electrons. The number of benzene rings is 2. The van der Waals surface area contributed by atoms with Crippen molar-refractivity contribution in [2.75, 3.05) is 24.9 Å². The second-order valence-corrected chi connectivity index (χ2v) is 8.38. The third kappa shape index (κ3) is 3.89. The Morgan fingerprint density at radius 2 is 1.82 bits per heavy atom. The highest BCUT2D eigenvalue weighted by Gasteiger charge is 2.33. The highest BCUT2D eigenvalue weighted by atomic mass is 32.2. The predicted molar refractivity (Wildman–Crippen MR) is 109 cm³/mol. The standard InChI is InChI=1S/C21H23NO5S/c1-4-15-7-5-6-8-18(15)22(17-11-12-28(24,25)14-17)21(23)16-9-10-19(26-2)20(13-16)27-3/h5-13,17H,4,14H2,1-3H3/t17-/m1/s1. The summed E-state index contributed by atoms with van der Waals surface area (Å²) in [7, 11) is -0.299. The van der Waals surface area contributed by atoms with Gasteiger partial charge in [-0.2, -0.15) is 0 Å². The topological polar surface area (TPSA) is 72.9 Å². The van der Waals surface area contributed by atoms with E-state index in [1.165, 1.54) is 19.6 Å². The number of amides is 1. The average Bonchev–Trinajstić information content (AvgIpc) is 3.07. The molecule has 1 amide bonds. The van der Waals surface area contributed by atoms with Gasteiger partial charge in [0.05, 0.1) is 26.0 Å². The lowest BCUT2D eigenvalue weighted by molar-refractivity contribution is 0.0982. The lowest BCUT2D eigenvalue weighted by atomic mass is 10.1. The Kier molecular flexibility index (Phi) is 5.74. The molecule has 2 aromatic rings. The Labute approximate surface area is 165 Å². The van der Waals surface area contributed by atoms with Crippen molar-refractivity contribution in [3.63, 3.8) is 0 Å². The van der Waals surface area contributed by atoms with Crippen LogP contribution in [0.2, 0.25) is 0 Å². The van der Waals surface area contributed by atoms with Crippen LogP contribution in [0.15, 0.2) is 53.9 Å². The number of para-hydroxylation sites is 1. The second-order valence-electron chi connectivity index (χ2n) is 6.45. The van der Waals surface area contributed by atoms with Crippen LogP contribution in [-0.4, -0.2) is 40.3 Å². The molecule has 3 rings (SSSR count). The van der Waals surface area contributed by atoms with E-state index in [9.17, 15) is 13.2 Å². The quantitative estimate of drug-likeness (QED) is 0.743. The first-order chi connectivity index (χ1) is 13.4. The molecule has 0 bridgehead atoms. The van der Waals surface area contributed by atoms with E-state index < -0.39 is 15.9 Å². The highest BCUT2D eigenvalue weighted by molar-refractivity contribution is 7.94. The van der Waals surface area contributed by atoms with Crippen molar-refractivity contribution in [3.8, 4) is 11.5 Å². The van der Waals surface area contributed by atoms with Crippen molar-refractivity contribution >= 4 is 21.4 Å². The molecule has 0 aromatic heterocycles. The molecule has 0 aliphatic carbocycles. The van der Waals surface area contributed by atoms with Gasteiger partial charge in [-0.1, -0.05) is 25.1 Å². The first-order valence-corrected chi connectivity index (χ1v) is 10.7. The molecule has 148 valence electrons. The third-order valence-electron chi connectivity index (χ3n) is 4.72. The van der Waals surface area contributed by atoms with Gasteiger partial charge in [-0.05, 0) is 42.3 Å². The molecule has 6 nitrogen and oxygen atoms in total. The Hall–Kier alpha value is -2.80. The normalized spacial score (nSPS) is 17.3. The highest BCUT2D eigenvalue weighted by Crippen LogP contribution is 2.32. The summed E-state index contributed by atoms with van der Waals surface area (Å²) in [6.45, 7) is 2.00. The predicted octanol–water partition coefficient (Wildman–Crippen LogP) is 3.22. The summed E-state index contributed by atoms with van der Waals surface area (Å²) in [4.78, 5) is 15.0. The van der Waals surface area contributed by atoms with Crippen LogP contribution in [0, 0.1) is 0 Å². The molecule has 0 unspecified atom stereocenters. The number of carbonyl (C=O) groups is 1. The van der Waals surface area contributed by atoms with E-state index in [2.05, 4.69) is 0 Å². The van der Waals surface area contributed by atoms with Crippen molar-refractivity contribution in [3.05, 3.63) is 65.1 Å². The molecule has 0 spiro atoms. The Morgan fingerprint density at radius 3 is 2.43 bits per heavy atom. The molecule has 1 aliphatic heterocycles. The lowest BCUT2D eigenvalue weighted by Gasteiger charge is -2.30. The minimum absolute atomic E-state index is 0.135. The summed E-state index contributed by atoms with van der Waals surface area (Å²) in [5.41, 5.74) is 2.06. The Morgan fingerprint density at radius 1 is 1.11 bits per heavy atom. The molecular weight excluding hydrogens is 378 g/mol. The summed E-state index contributed by atoms with van der Waals surface area (Å²) < 4.78 is 34.6. The van der Waals surface area contributed by atoms with Gasteiger partial charge in [-0.25, -0.2) is 8.42 Å². The fraction of sp³-hybridized carbons (Fsp3) is 0.286. The van der Waals surface area contributed by atoms with Crippen LogP contribution >= 0.6 is 0 Å². The molecule has 0 saturated heterocycles. The number of hydrogen-bond acceptors (Lipinski definition) is 5. The molecule has 28 heavy (non-hydrogen) atoms. The van der Waals surface area contributed by atoms with Gasteiger partial charge in [-0.15, -0.1) is 0 Å². The molecule has 0 saturated carbocycles. The minimum atomic E-state index is -3.33. The van der Waals surface area contributed by atoms with Gasteiger partial charge in [0.15, 0.2) is 21.3 Å². The molecule has 0 N–H and O–H groups in total. The smallest absolute Gasteiger partial charge is 0.259 e. The number of rotatable bonds is 6. The number of ether oxygens (including phenoxy) is 2. The zero-order valence-electron chi connectivity index (χ0n) is 16.1. The monoisotopic (exact) mass is 401 g/mol. The summed E-state index contributed by atoms with van der Waals surface area (Å²) in [5, 5.41) is 1.18. The molecule has 7 heteroatoms. The fourth-order valence-corrected chi connectivity index (χ4v) is 4.58. The number of sulfone groups is 1. The van der Waals surface area contributed by atoms with E-state index >= 15 is 0 Å². The maximum absolute atomic E-state index is 13.5. The summed E-state index contributed by atoms with van der Waals surface area (Å²) in [6, 6.07) is 11.9. The molecule has 1 heterocycles. The zero-order chi connectivity index (χ0) is 20.3. The molecule has 2 aromatic carbocycles. The van der Waals surface area contributed by atoms with Crippen molar-refractivity contribution in [2.45, 2.75) is 19.4 Å². The van der Waals surface area contributed by atoms with Crippen LogP contribution in [0.3, 0.4) is 0 Å². The number of anilines is 1. The van der Waals surface area contributed by atoms with Gasteiger partial charge in [0, 0.05) is 16.7 Å². The maximum Gasteiger partial charge on any atom is 0.259 e. The van der Waals surface area contributed by atoms with Gasteiger partial charge in [-0.3, -0.25) is 4.79 Å². The zero-order valence-corrected chi connectivity index (χ0v) is 16.9. The van der Waals surface area contributed by atoms with E-state index in [-0.39, 0.29) is 11.7 Å². The number of hydrogen-bond donors (Lipinski definition) is 0. The molecular formula is C21H23NO5S. The van der Waals surface area contributed by atoms with E-state index in [1.807, 2.05) is 31.2 Å². The van der Waals surface area contributed by atoms with E-state index in [0.29, 0.717) is 22.7 Å². The third-order valence-corrected chi connectivity index (χ3v) is 6.10. The van der Waals surface area contributed by atoms with Gasteiger partial charge < -0.3 is 14.4 Å². The molecule has 1 atom stereocenters. The number of carbonyl (C=O) groups excluding carboxylic acids is 1. The molecule has 0 fully saturated rings. The van der Waals surface area contributed by atoms with Gasteiger partial charge in [0.25, 0.3) is 5.91 Å². The van der Waals surface area contributed by atoms with Crippen LogP contribution in [0.4, 0.5) is 5.69 Å². The van der Waals surface area contributed by atoms with Crippen molar-refractivity contribution < 1.29 is 22.7 Å². The van der Waals surface area contributed by atoms with E-state index in [4.69, 9.17) is 9.47 Å². The van der Waals surface area contributed by atoms with Crippen LogP contribution in [0.1, 0.15) is 22.8 Å². The van der Waals surface area contributed by atoms with Gasteiger partial charge in [0.1, 0.15) is 0 Å². The van der Waals surface area contributed by atoms with Crippen LogP contribution < -0.4 is 14.4 Å². The van der Waals surface area contributed by atoms with Crippen LogP contribution in [-0.2, 0) is 16.3 Å². The minimum Gasteiger partial charge on any atom is -0.493 e. The van der Waals surface area contributed by atoms with Crippen molar-refractivity contribution in [1.29, 1.82) is 0 Å². The first kappa shape index (κ1) is 19.9. The number of aryl methyl sites for hydroxylation is 1. The maximum atomic E-state index is 13.5. The SMILES string of the molecule is CCc1ccccc1N(C(=O)c1ccc(OC)c(OC)c1)[C@@H]1C=CS(=O)(=O)C1. The lowest BCUT2D eigenvalue weighted by Crippen LogP contribution is -2.41. The second kappa shape index (κ2) is 8.06. The fourth-order valence-electron chi connectivity index (χ4n) is 3.31. The summed E-state index contributed by atoms with van der Waals surface area (Å²) >= 11 is 0. The Balaban J connectivity index is 2.09. The molecule has 1 aliphatic rings. The number of methoxy groups -OCH3 is 2. The average molecular weight is 401 g/mol. The summed E-state index contributed by atoms with van der Waals surface area (Å²) in [6.07, 6.45) is 2.29. The number of nitrogens with zero attached hydrogens (tertiary/aromatic N) is 1. The van der Waals surface area contributed by atoms with Crippen molar-refractivity contribution in [1.82, 2.24) is 0 Å². The summed E-state index contributed by atoms with van der Waals surface area (Å²) in [5.74, 6) is 0.521. The van der Waals surface area contributed by atoms with E-state index in [0.717, 1.165) is 12.0 Å². The van der Waals surface area contributed by atoms with Crippen LogP contribution in [0.5, 0.6) is 11.5 Å². The van der Waals surface area contributed by atoms with Crippen molar-refractivity contribution in [2.24, 2.45) is 0 Å². The van der Waals surface area contributed by atoms with E-state index in [1.54, 1.807) is 29.2 Å². The van der Waals surface area contributed by atoms with Gasteiger partial charge in [0.2, 0.25) is 0 Å². The largest absolute Gasteiger partial charge is 0.493 e. The van der Waals surface area contributed by atoms with Gasteiger partial charge >= 0.3 is 0 Å².